The van der Waals surface area contributed by atoms with Gasteiger partial charge in [0.15, 0.2) is 11.5 Å². The van der Waals surface area contributed by atoms with E-state index in [1.54, 1.807) is 30.5 Å². The van der Waals surface area contributed by atoms with Crippen LogP contribution in [-0.4, -0.2) is 11.4 Å². The Morgan fingerprint density at radius 3 is 2.89 bits per heavy atom. The Balaban J connectivity index is 2.17. The maximum Gasteiger partial charge on any atom is 0.272 e. The van der Waals surface area contributed by atoms with Crippen LogP contribution in [0.2, 0.25) is 0 Å². The van der Waals surface area contributed by atoms with E-state index in [0.29, 0.717) is 17.2 Å². The maximum absolute atomic E-state index is 12.0. The first-order chi connectivity index (χ1) is 8.79. The molecule has 0 aliphatic carbocycles. The lowest BCUT2D eigenvalue weighted by atomic mass is 10.2. The smallest absolute Gasteiger partial charge is 0.272 e. The second-order valence-corrected chi connectivity index (χ2v) is 3.75. The molecule has 1 aliphatic heterocycles. The van der Waals surface area contributed by atoms with Gasteiger partial charge in [-0.05, 0) is 24.3 Å². The number of nitrogens with zero attached hydrogens (tertiary/aromatic N) is 2. The van der Waals surface area contributed by atoms with Gasteiger partial charge in [-0.25, -0.2) is 0 Å². The van der Waals surface area contributed by atoms with Crippen molar-refractivity contribution in [1.29, 1.82) is 5.26 Å². The first-order valence-corrected chi connectivity index (χ1v) is 5.31. The van der Waals surface area contributed by atoms with E-state index >= 15 is 0 Å². The van der Waals surface area contributed by atoms with Gasteiger partial charge in [0.1, 0.15) is 11.6 Å². The molecule has 0 saturated heterocycles. The lowest BCUT2D eigenvalue weighted by Crippen LogP contribution is -2.19. The van der Waals surface area contributed by atoms with Crippen LogP contribution in [0.5, 0.6) is 11.5 Å². The van der Waals surface area contributed by atoms with Crippen LogP contribution in [0.4, 0.5) is 0 Å². The lowest BCUT2D eigenvalue weighted by Gasteiger charge is -2.06. The van der Waals surface area contributed by atoms with E-state index in [-0.39, 0.29) is 17.9 Å². The van der Waals surface area contributed by atoms with Gasteiger partial charge in [-0.2, -0.15) is 5.26 Å². The van der Waals surface area contributed by atoms with Gasteiger partial charge in [0.2, 0.25) is 6.79 Å². The SMILES string of the molecule is N#Cc1cccn(-c2ccc3c(c2)OCO3)c1=O. The van der Waals surface area contributed by atoms with Crippen molar-refractivity contribution in [3.8, 4) is 23.3 Å². The molecule has 0 unspecified atom stereocenters. The summed E-state index contributed by atoms with van der Waals surface area (Å²) in [5, 5.41) is 8.84. The van der Waals surface area contributed by atoms with Gasteiger partial charge in [0.25, 0.3) is 5.56 Å². The molecule has 1 aromatic carbocycles. The molecule has 5 nitrogen and oxygen atoms in total. The highest BCUT2D eigenvalue weighted by Gasteiger charge is 2.14. The van der Waals surface area contributed by atoms with Crippen LogP contribution in [0.1, 0.15) is 5.56 Å². The number of benzene rings is 1. The summed E-state index contributed by atoms with van der Waals surface area (Å²) in [4.78, 5) is 12.0. The molecule has 0 radical (unpaired) electrons. The highest BCUT2D eigenvalue weighted by molar-refractivity contribution is 5.50. The topological polar surface area (TPSA) is 64.2 Å². The monoisotopic (exact) mass is 240 g/mol. The summed E-state index contributed by atoms with van der Waals surface area (Å²) < 4.78 is 11.9. The first kappa shape index (κ1) is 10.4. The molecule has 2 aromatic rings. The first-order valence-electron chi connectivity index (χ1n) is 5.31. The fraction of sp³-hybridized carbons (Fsp3) is 0.0769. The minimum Gasteiger partial charge on any atom is -0.454 e. The molecule has 0 bridgehead atoms. The van der Waals surface area contributed by atoms with E-state index in [1.165, 1.54) is 10.6 Å². The van der Waals surface area contributed by atoms with Gasteiger partial charge in [0, 0.05) is 12.3 Å². The van der Waals surface area contributed by atoms with Crippen molar-refractivity contribution in [1.82, 2.24) is 4.57 Å². The third-order valence-corrected chi connectivity index (χ3v) is 2.70. The standard InChI is InChI=1S/C13H8N2O3/c14-7-9-2-1-5-15(13(9)16)10-3-4-11-12(6-10)18-8-17-11/h1-6H,8H2. The Labute approximate surface area is 102 Å². The van der Waals surface area contributed by atoms with Crippen molar-refractivity contribution in [2.24, 2.45) is 0 Å². The minimum absolute atomic E-state index is 0.107. The molecule has 18 heavy (non-hydrogen) atoms. The fourth-order valence-corrected chi connectivity index (χ4v) is 1.82. The molecule has 0 N–H and O–H groups in total. The van der Waals surface area contributed by atoms with Crippen LogP contribution in [0.25, 0.3) is 5.69 Å². The van der Waals surface area contributed by atoms with Gasteiger partial charge in [0.05, 0.1) is 5.69 Å². The number of fused-ring (bicyclic) bond motifs is 1. The van der Waals surface area contributed by atoms with Crippen LogP contribution in [0.15, 0.2) is 41.3 Å². The average molecular weight is 240 g/mol. The van der Waals surface area contributed by atoms with Crippen LogP contribution in [0.3, 0.4) is 0 Å². The van der Waals surface area contributed by atoms with Gasteiger partial charge in [-0.15, -0.1) is 0 Å². The predicted octanol–water partition coefficient (Wildman–Crippen LogP) is 1.44. The molecule has 1 aliphatic rings. The fourth-order valence-electron chi connectivity index (χ4n) is 1.82. The summed E-state index contributed by atoms with van der Waals surface area (Å²) in [7, 11) is 0. The molecular formula is C13H8N2O3. The van der Waals surface area contributed by atoms with E-state index in [1.807, 2.05) is 6.07 Å². The maximum atomic E-state index is 12.0. The number of pyridine rings is 1. The van der Waals surface area contributed by atoms with E-state index in [4.69, 9.17) is 14.7 Å². The quantitative estimate of drug-likeness (QED) is 0.756. The zero-order valence-electron chi connectivity index (χ0n) is 9.29. The number of rotatable bonds is 1. The lowest BCUT2D eigenvalue weighted by molar-refractivity contribution is 0.174. The second-order valence-electron chi connectivity index (χ2n) is 3.75. The zero-order valence-corrected chi connectivity index (χ0v) is 9.29. The van der Waals surface area contributed by atoms with E-state index in [9.17, 15) is 4.79 Å². The third kappa shape index (κ3) is 1.52. The van der Waals surface area contributed by atoms with Crippen molar-refractivity contribution in [3.63, 3.8) is 0 Å². The molecule has 5 heteroatoms. The Hall–Kier alpha value is -2.74. The van der Waals surface area contributed by atoms with Crippen LogP contribution in [-0.2, 0) is 0 Å². The van der Waals surface area contributed by atoms with E-state index in [0.717, 1.165) is 0 Å². The molecule has 2 heterocycles. The van der Waals surface area contributed by atoms with Crippen molar-refractivity contribution in [3.05, 3.63) is 52.4 Å². The minimum atomic E-state index is -0.348. The number of hydrogen-bond donors (Lipinski definition) is 0. The highest BCUT2D eigenvalue weighted by atomic mass is 16.7. The summed E-state index contributed by atoms with van der Waals surface area (Å²) in [5.41, 5.74) is 0.399. The normalized spacial score (nSPS) is 12.2. The molecule has 0 atom stereocenters. The predicted molar refractivity (Wildman–Crippen MR) is 62.9 cm³/mol. The highest BCUT2D eigenvalue weighted by Crippen LogP contribution is 2.33. The number of ether oxygens (including phenoxy) is 2. The average Bonchev–Trinajstić information content (AvgIpc) is 2.86. The second kappa shape index (κ2) is 3.93. The largest absolute Gasteiger partial charge is 0.454 e. The third-order valence-electron chi connectivity index (χ3n) is 2.70. The van der Waals surface area contributed by atoms with Crippen molar-refractivity contribution < 1.29 is 9.47 Å². The number of hydrogen-bond acceptors (Lipinski definition) is 4. The van der Waals surface area contributed by atoms with E-state index < -0.39 is 0 Å². The Bertz CT molecular complexity index is 713. The van der Waals surface area contributed by atoms with Crippen LogP contribution < -0.4 is 15.0 Å². The molecule has 0 fully saturated rings. The summed E-state index contributed by atoms with van der Waals surface area (Å²) in [6.07, 6.45) is 1.61. The molecular weight excluding hydrogens is 232 g/mol. The molecule has 1 aromatic heterocycles. The van der Waals surface area contributed by atoms with Crippen molar-refractivity contribution in [2.45, 2.75) is 0 Å². The summed E-state index contributed by atoms with van der Waals surface area (Å²) in [6.45, 7) is 0.186. The molecule has 0 amide bonds. The van der Waals surface area contributed by atoms with Gasteiger partial charge < -0.3 is 9.47 Å². The number of aromatic nitrogens is 1. The van der Waals surface area contributed by atoms with Gasteiger partial charge in [-0.1, -0.05) is 0 Å². The van der Waals surface area contributed by atoms with Crippen molar-refractivity contribution >= 4 is 0 Å². The van der Waals surface area contributed by atoms with Gasteiger partial charge >= 0.3 is 0 Å². The van der Waals surface area contributed by atoms with Crippen LogP contribution in [0, 0.1) is 11.3 Å². The Morgan fingerprint density at radius 2 is 2.06 bits per heavy atom. The summed E-state index contributed by atoms with van der Waals surface area (Å²) in [6, 6.07) is 10.2. The Kier molecular flexibility index (Phi) is 2.27. The summed E-state index contributed by atoms with van der Waals surface area (Å²) >= 11 is 0. The van der Waals surface area contributed by atoms with E-state index in [2.05, 4.69) is 0 Å². The zero-order chi connectivity index (χ0) is 12.5. The Morgan fingerprint density at radius 1 is 1.22 bits per heavy atom. The molecule has 0 spiro atoms. The van der Waals surface area contributed by atoms with Crippen molar-refractivity contribution in [2.75, 3.05) is 6.79 Å². The van der Waals surface area contributed by atoms with Crippen LogP contribution >= 0.6 is 0 Å². The summed E-state index contributed by atoms with van der Waals surface area (Å²) in [5.74, 6) is 1.25. The molecule has 3 rings (SSSR count). The number of nitriles is 1. The molecule has 0 saturated carbocycles. The van der Waals surface area contributed by atoms with Gasteiger partial charge in [-0.3, -0.25) is 9.36 Å². The molecule has 88 valence electrons.